The van der Waals surface area contributed by atoms with Crippen LogP contribution < -0.4 is 10.3 Å². The summed E-state index contributed by atoms with van der Waals surface area (Å²) in [5.74, 6) is -0.543. The molecule has 29 heavy (non-hydrogen) atoms. The van der Waals surface area contributed by atoms with Gasteiger partial charge in [0.2, 0.25) is 0 Å². The van der Waals surface area contributed by atoms with Gasteiger partial charge in [0.15, 0.2) is 5.58 Å². The maximum Gasteiger partial charge on any atom is 0.341 e. The summed E-state index contributed by atoms with van der Waals surface area (Å²) < 4.78 is 14.5. The highest BCUT2D eigenvalue weighted by Gasteiger charge is 2.41. The van der Waals surface area contributed by atoms with Crippen LogP contribution in [0.2, 0.25) is 0 Å². The third kappa shape index (κ3) is 2.67. The van der Waals surface area contributed by atoms with Crippen LogP contribution in [-0.2, 0) is 0 Å². The second-order valence-electron chi connectivity index (χ2n) is 8.84. The lowest BCUT2D eigenvalue weighted by Gasteiger charge is -2.38. The number of rotatable bonds is 2. The maximum absolute atomic E-state index is 13.1. The molecule has 1 aliphatic heterocycles. The molecule has 0 saturated heterocycles. The predicted molar refractivity (Wildman–Crippen MR) is 112 cm³/mol. The normalized spacial score (nSPS) is 18.3. The summed E-state index contributed by atoms with van der Waals surface area (Å²) in [5, 5.41) is 10.5. The third-order valence-corrected chi connectivity index (χ3v) is 6.20. The molecular formula is C22H20BrNO5. The van der Waals surface area contributed by atoms with E-state index in [-0.39, 0.29) is 17.0 Å². The van der Waals surface area contributed by atoms with Crippen molar-refractivity contribution in [2.24, 2.45) is 5.41 Å². The molecule has 1 atom stereocenters. The minimum Gasteiger partial charge on any atom is -0.484 e. The van der Waals surface area contributed by atoms with Crippen LogP contribution in [0.3, 0.4) is 0 Å². The largest absolute Gasteiger partial charge is 0.484 e. The zero-order chi connectivity index (χ0) is 20.7. The highest BCUT2D eigenvalue weighted by atomic mass is 79.9. The van der Waals surface area contributed by atoms with E-state index >= 15 is 0 Å². The summed E-state index contributed by atoms with van der Waals surface area (Å²) in [7, 11) is 0. The lowest BCUT2D eigenvalue weighted by Crippen LogP contribution is -2.34. The number of fused-ring (bicyclic) bond motifs is 5. The van der Waals surface area contributed by atoms with E-state index in [0.29, 0.717) is 11.3 Å². The van der Waals surface area contributed by atoms with E-state index in [9.17, 15) is 14.7 Å². The van der Waals surface area contributed by atoms with Gasteiger partial charge in [-0.2, -0.15) is 0 Å². The number of aromatic nitrogens is 1. The van der Waals surface area contributed by atoms with Gasteiger partial charge in [0.1, 0.15) is 17.4 Å². The van der Waals surface area contributed by atoms with Crippen molar-refractivity contribution in [3.63, 3.8) is 0 Å². The van der Waals surface area contributed by atoms with E-state index in [1.54, 1.807) is 10.8 Å². The molecule has 7 heteroatoms. The first-order valence-electron chi connectivity index (χ1n) is 9.58. The lowest BCUT2D eigenvalue weighted by atomic mass is 9.80. The van der Waals surface area contributed by atoms with Crippen LogP contribution in [0.4, 0.5) is 0 Å². The van der Waals surface area contributed by atoms with Gasteiger partial charge in [0.05, 0.1) is 21.8 Å². The van der Waals surface area contributed by atoms with Crippen molar-refractivity contribution in [1.82, 2.24) is 4.57 Å². The molecule has 3 heterocycles. The molecule has 1 N–H and O–H groups in total. The maximum atomic E-state index is 13.1. The molecule has 3 aromatic rings. The van der Waals surface area contributed by atoms with Crippen molar-refractivity contribution in [3.05, 3.63) is 50.4 Å². The second-order valence-corrected chi connectivity index (χ2v) is 9.69. The van der Waals surface area contributed by atoms with Crippen LogP contribution in [0.25, 0.3) is 22.2 Å². The number of carboxylic acid groups (broad SMARTS) is 1. The van der Waals surface area contributed by atoms with Gasteiger partial charge in [-0.05, 0) is 47.0 Å². The van der Waals surface area contributed by atoms with Crippen LogP contribution >= 0.6 is 15.9 Å². The van der Waals surface area contributed by atoms with Crippen molar-refractivity contribution in [2.45, 2.75) is 45.8 Å². The third-order valence-electron chi connectivity index (χ3n) is 5.61. The van der Waals surface area contributed by atoms with Gasteiger partial charge in [0, 0.05) is 22.6 Å². The Morgan fingerprint density at radius 3 is 2.62 bits per heavy atom. The number of carboxylic acids is 1. The van der Waals surface area contributed by atoms with Crippen molar-refractivity contribution in [2.75, 3.05) is 0 Å². The molecule has 0 radical (unpaired) electrons. The highest BCUT2D eigenvalue weighted by Crippen LogP contribution is 2.53. The summed E-state index contributed by atoms with van der Waals surface area (Å²) >= 11 is 3.56. The molecule has 1 aliphatic carbocycles. The summed E-state index contributed by atoms with van der Waals surface area (Å²) in [5.41, 5.74) is 1.97. The summed E-state index contributed by atoms with van der Waals surface area (Å²) in [6.45, 7) is 6.14. The van der Waals surface area contributed by atoms with E-state index in [4.69, 9.17) is 9.15 Å². The topological polar surface area (TPSA) is 81.7 Å². The standard InChI is InChI=1S/C22H20BrNO5/c1-22(2,3)19-13-8-14(21(26)27)20(25)24(10-4-5-10)16(13)12-9-15(23)18-11(6-7-28-18)17(12)29-19/h6-10,19H,4-5H2,1-3H3,(H,26,27)/t19-/m1/s1. The smallest absolute Gasteiger partial charge is 0.341 e. The summed E-state index contributed by atoms with van der Waals surface area (Å²) in [4.78, 5) is 25.0. The minimum atomic E-state index is -1.21. The number of hydrogen-bond acceptors (Lipinski definition) is 4. The van der Waals surface area contributed by atoms with Crippen molar-refractivity contribution in [1.29, 1.82) is 0 Å². The van der Waals surface area contributed by atoms with Crippen LogP contribution in [-0.4, -0.2) is 15.6 Å². The fourth-order valence-electron chi connectivity index (χ4n) is 4.18. The van der Waals surface area contributed by atoms with Crippen LogP contribution in [0, 0.1) is 5.41 Å². The van der Waals surface area contributed by atoms with Crippen molar-refractivity contribution in [3.8, 4) is 17.0 Å². The first-order chi connectivity index (χ1) is 13.7. The van der Waals surface area contributed by atoms with Crippen LogP contribution in [0.5, 0.6) is 5.75 Å². The van der Waals surface area contributed by atoms with E-state index in [1.807, 2.05) is 32.9 Å². The van der Waals surface area contributed by atoms with Crippen molar-refractivity contribution < 1.29 is 19.1 Å². The monoisotopic (exact) mass is 457 g/mol. The van der Waals surface area contributed by atoms with E-state index in [0.717, 1.165) is 39.5 Å². The molecule has 0 bridgehead atoms. The number of nitrogens with zero attached hydrogens (tertiary/aromatic N) is 1. The first-order valence-corrected chi connectivity index (χ1v) is 10.4. The molecule has 2 aromatic heterocycles. The molecule has 2 aliphatic rings. The number of ether oxygens (including phenoxy) is 1. The zero-order valence-electron chi connectivity index (χ0n) is 16.3. The summed E-state index contributed by atoms with van der Waals surface area (Å²) in [6, 6.07) is 5.28. The molecule has 0 unspecified atom stereocenters. The Morgan fingerprint density at radius 2 is 2.00 bits per heavy atom. The lowest BCUT2D eigenvalue weighted by molar-refractivity contribution is 0.0689. The molecule has 5 rings (SSSR count). The Kier molecular flexibility index (Phi) is 3.81. The van der Waals surface area contributed by atoms with Gasteiger partial charge in [-0.1, -0.05) is 20.8 Å². The average molecular weight is 458 g/mol. The number of halogens is 1. The SMILES string of the molecule is CC(C)(C)[C@@H]1Oc2c(cc(Br)c3occc23)-c2c1cc(C(=O)O)c(=O)n2C1CC1. The van der Waals surface area contributed by atoms with E-state index in [1.165, 1.54) is 6.07 Å². The number of pyridine rings is 1. The molecule has 0 spiro atoms. The zero-order valence-corrected chi connectivity index (χ0v) is 17.9. The molecule has 0 amide bonds. The average Bonchev–Trinajstić information content (AvgIpc) is 3.34. The van der Waals surface area contributed by atoms with Crippen LogP contribution in [0.15, 0.2) is 38.1 Å². The van der Waals surface area contributed by atoms with Gasteiger partial charge >= 0.3 is 5.97 Å². The summed E-state index contributed by atoms with van der Waals surface area (Å²) in [6.07, 6.45) is 2.93. The molecule has 1 fully saturated rings. The number of benzene rings is 1. The van der Waals surface area contributed by atoms with Gasteiger partial charge in [-0.25, -0.2) is 4.79 Å². The van der Waals surface area contributed by atoms with E-state index < -0.39 is 17.6 Å². The second kappa shape index (κ2) is 5.98. The Balaban J connectivity index is 1.95. The number of furan rings is 1. The van der Waals surface area contributed by atoms with E-state index in [2.05, 4.69) is 15.9 Å². The minimum absolute atomic E-state index is 0.0148. The number of aromatic carboxylic acids is 1. The fraction of sp³-hybridized carbons (Fsp3) is 0.364. The molecule has 150 valence electrons. The Bertz CT molecular complexity index is 1240. The quantitative estimate of drug-likeness (QED) is 0.546. The Morgan fingerprint density at radius 1 is 1.28 bits per heavy atom. The van der Waals surface area contributed by atoms with Gasteiger partial charge in [-0.15, -0.1) is 0 Å². The fourth-order valence-corrected chi connectivity index (χ4v) is 4.71. The van der Waals surface area contributed by atoms with Gasteiger partial charge in [-0.3, -0.25) is 4.79 Å². The molecule has 6 nitrogen and oxygen atoms in total. The number of hydrogen-bond donors (Lipinski definition) is 1. The Labute approximate surface area is 175 Å². The molecular weight excluding hydrogens is 438 g/mol. The van der Waals surface area contributed by atoms with Gasteiger partial charge in [0.25, 0.3) is 5.56 Å². The predicted octanol–water partition coefficient (Wildman–Crippen LogP) is 5.54. The first kappa shape index (κ1) is 18.5. The number of carbonyl (C=O) groups is 1. The van der Waals surface area contributed by atoms with Gasteiger partial charge < -0.3 is 18.8 Å². The Hall–Kier alpha value is -2.54. The molecule has 1 aromatic carbocycles. The van der Waals surface area contributed by atoms with Crippen LogP contribution in [0.1, 0.15) is 61.7 Å². The highest BCUT2D eigenvalue weighted by molar-refractivity contribution is 9.10. The van der Waals surface area contributed by atoms with Crippen molar-refractivity contribution >= 4 is 32.9 Å². The molecule has 1 saturated carbocycles.